The highest BCUT2D eigenvalue weighted by Crippen LogP contribution is 2.22. The molecule has 0 aliphatic rings. The Morgan fingerprint density at radius 1 is 1.56 bits per heavy atom. The summed E-state index contributed by atoms with van der Waals surface area (Å²) in [6, 6.07) is 2.87. The van der Waals surface area contributed by atoms with Gasteiger partial charge in [0.15, 0.2) is 6.61 Å². The first-order valence-electron chi connectivity index (χ1n) is 5.53. The second-order valence-electron chi connectivity index (χ2n) is 3.44. The molecule has 0 atom stereocenters. The molecular formula is C11H14N2O5. The highest BCUT2D eigenvalue weighted by Gasteiger charge is 2.16. The molecule has 7 nitrogen and oxygen atoms in total. The number of aromatic nitrogens is 1. The maximum atomic E-state index is 11.2. The first-order chi connectivity index (χ1) is 8.65. The van der Waals surface area contributed by atoms with Crippen LogP contribution in [0.15, 0.2) is 18.3 Å². The predicted molar refractivity (Wildman–Crippen MR) is 62.3 cm³/mol. The van der Waals surface area contributed by atoms with Gasteiger partial charge in [-0.1, -0.05) is 13.3 Å². The number of carbonyl (C=O) groups excluding carboxylic acids is 1. The minimum atomic E-state index is -0.669. The summed E-state index contributed by atoms with van der Waals surface area (Å²) in [5.41, 5.74) is 0. The molecule has 1 aromatic heterocycles. The first-order valence-corrected chi connectivity index (χ1v) is 5.53. The van der Waals surface area contributed by atoms with Gasteiger partial charge in [0.2, 0.25) is 5.75 Å². The van der Waals surface area contributed by atoms with Crippen LogP contribution in [0, 0.1) is 10.1 Å². The van der Waals surface area contributed by atoms with Crippen molar-refractivity contribution in [3.8, 4) is 5.75 Å². The summed E-state index contributed by atoms with van der Waals surface area (Å²) in [4.78, 5) is 24.7. The summed E-state index contributed by atoms with van der Waals surface area (Å²) in [5, 5.41) is 10.6. The molecule has 0 amide bonds. The molecule has 0 bridgehead atoms. The van der Waals surface area contributed by atoms with Crippen molar-refractivity contribution in [3.63, 3.8) is 0 Å². The van der Waals surface area contributed by atoms with Crippen LogP contribution >= 0.6 is 0 Å². The molecule has 0 saturated heterocycles. The lowest BCUT2D eigenvalue weighted by Crippen LogP contribution is -2.16. The number of esters is 1. The highest BCUT2D eigenvalue weighted by molar-refractivity contribution is 5.71. The number of nitro groups is 1. The Labute approximate surface area is 104 Å². The van der Waals surface area contributed by atoms with E-state index >= 15 is 0 Å². The second kappa shape index (κ2) is 7.21. The first kappa shape index (κ1) is 13.9. The predicted octanol–water partition coefficient (Wildman–Crippen LogP) is 1.71. The fourth-order valence-electron chi connectivity index (χ4n) is 1.14. The van der Waals surface area contributed by atoms with E-state index in [4.69, 9.17) is 9.47 Å². The smallest absolute Gasteiger partial charge is 0.406 e. The molecule has 0 aromatic carbocycles. The molecule has 0 aliphatic carbocycles. The molecule has 0 N–H and O–H groups in total. The van der Waals surface area contributed by atoms with Crippen LogP contribution in [0.25, 0.3) is 0 Å². The number of unbranched alkanes of at least 4 members (excludes halogenated alkanes) is 1. The van der Waals surface area contributed by atoms with Crippen molar-refractivity contribution in [2.45, 2.75) is 19.8 Å². The number of hydrogen-bond acceptors (Lipinski definition) is 6. The maximum absolute atomic E-state index is 11.2. The van der Waals surface area contributed by atoms with E-state index in [1.807, 2.05) is 6.92 Å². The van der Waals surface area contributed by atoms with Crippen LogP contribution in [0.3, 0.4) is 0 Å². The lowest BCUT2D eigenvalue weighted by molar-refractivity contribution is -0.390. The van der Waals surface area contributed by atoms with Gasteiger partial charge in [-0.25, -0.2) is 4.79 Å². The zero-order valence-corrected chi connectivity index (χ0v) is 10.00. The Balaban J connectivity index is 2.48. The van der Waals surface area contributed by atoms with E-state index in [2.05, 4.69) is 4.98 Å². The zero-order chi connectivity index (χ0) is 13.4. The van der Waals surface area contributed by atoms with Gasteiger partial charge in [0.05, 0.1) is 6.61 Å². The quantitative estimate of drug-likeness (QED) is 0.318. The minimum absolute atomic E-state index is 0.0464. The van der Waals surface area contributed by atoms with E-state index in [1.54, 1.807) is 0 Å². The Hall–Kier alpha value is -2.18. The van der Waals surface area contributed by atoms with Gasteiger partial charge in [0.25, 0.3) is 0 Å². The number of carbonyl (C=O) groups is 1. The zero-order valence-electron chi connectivity index (χ0n) is 10.00. The number of pyridine rings is 1. The van der Waals surface area contributed by atoms with Crippen molar-refractivity contribution in [2.75, 3.05) is 13.2 Å². The van der Waals surface area contributed by atoms with Crippen molar-refractivity contribution in [1.82, 2.24) is 4.98 Å². The molecule has 0 saturated carbocycles. The molecule has 0 unspecified atom stereocenters. The van der Waals surface area contributed by atoms with Gasteiger partial charge in [0.1, 0.15) is 6.20 Å². The van der Waals surface area contributed by atoms with Crippen LogP contribution in [0.5, 0.6) is 5.75 Å². The van der Waals surface area contributed by atoms with Crippen molar-refractivity contribution in [3.05, 3.63) is 28.4 Å². The largest absolute Gasteiger partial charge is 0.474 e. The molecule has 7 heteroatoms. The number of nitrogens with zero attached hydrogens (tertiary/aromatic N) is 2. The SMILES string of the molecule is CCCCOC(=O)COc1cccnc1[N+](=O)[O-]. The minimum Gasteiger partial charge on any atom is -0.474 e. The molecule has 1 heterocycles. The average Bonchev–Trinajstić information content (AvgIpc) is 2.37. The van der Waals surface area contributed by atoms with Gasteiger partial charge in [-0.15, -0.1) is 0 Å². The molecule has 0 aliphatic heterocycles. The van der Waals surface area contributed by atoms with Crippen molar-refractivity contribution < 1.29 is 19.2 Å². The average molecular weight is 254 g/mol. The third-order valence-corrected chi connectivity index (χ3v) is 2.03. The second-order valence-corrected chi connectivity index (χ2v) is 3.44. The van der Waals surface area contributed by atoms with Gasteiger partial charge in [0, 0.05) is 0 Å². The topological polar surface area (TPSA) is 91.6 Å². The van der Waals surface area contributed by atoms with Crippen molar-refractivity contribution in [1.29, 1.82) is 0 Å². The normalized spacial score (nSPS) is 9.83. The standard InChI is InChI=1S/C11H14N2O5/c1-2-3-7-17-10(14)8-18-9-5-4-6-12-11(9)13(15)16/h4-6H,2-3,7-8H2,1H3. The summed E-state index contributed by atoms with van der Waals surface area (Å²) in [5.74, 6) is -1.02. The summed E-state index contributed by atoms with van der Waals surface area (Å²) in [6.07, 6.45) is 2.98. The number of rotatable bonds is 7. The molecule has 0 radical (unpaired) electrons. The molecule has 18 heavy (non-hydrogen) atoms. The lowest BCUT2D eigenvalue weighted by Gasteiger charge is -2.06. The summed E-state index contributed by atoms with van der Waals surface area (Å²) < 4.78 is 9.86. The van der Waals surface area contributed by atoms with E-state index in [1.165, 1.54) is 18.3 Å². The third-order valence-electron chi connectivity index (χ3n) is 2.03. The van der Waals surface area contributed by atoms with E-state index in [9.17, 15) is 14.9 Å². The molecule has 0 spiro atoms. The van der Waals surface area contributed by atoms with Gasteiger partial charge in [-0.3, -0.25) is 0 Å². The Kier molecular flexibility index (Phi) is 5.56. The van der Waals surface area contributed by atoms with E-state index in [0.717, 1.165) is 12.8 Å². The summed E-state index contributed by atoms with van der Waals surface area (Å²) >= 11 is 0. The monoisotopic (exact) mass is 254 g/mol. The molecule has 0 fully saturated rings. The lowest BCUT2D eigenvalue weighted by atomic mass is 10.4. The summed E-state index contributed by atoms with van der Waals surface area (Å²) in [7, 11) is 0. The number of ether oxygens (including phenoxy) is 2. The maximum Gasteiger partial charge on any atom is 0.406 e. The van der Waals surface area contributed by atoms with Gasteiger partial charge in [-0.05, 0) is 28.5 Å². The Morgan fingerprint density at radius 2 is 2.33 bits per heavy atom. The Morgan fingerprint density at radius 3 is 3.00 bits per heavy atom. The molecule has 98 valence electrons. The van der Waals surface area contributed by atoms with Crippen LogP contribution < -0.4 is 4.74 Å². The van der Waals surface area contributed by atoms with Crippen LogP contribution in [0.4, 0.5) is 5.82 Å². The van der Waals surface area contributed by atoms with Gasteiger partial charge < -0.3 is 19.6 Å². The van der Waals surface area contributed by atoms with Crippen molar-refractivity contribution >= 4 is 11.8 Å². The van der Waals surface area contributed by atoms with Crippen LogP contribution in [0.1, 0.15) is 19.8 Å². The fraction of sp³-hybridized carbons (Fsp3) is 0.455. The summed E-state index contributed by atoms with van der Waals surface area (Å²) in [6.45, 7) is 1.94. The fourth-order valence-corrected chi connectivity index (χ4v) is 1.14. The van der Waals surface area contributed by atoms with E-state index < -0.39 is 16.7 Å². The Bertz CT molecular complexity index is 422. The molecule has 1 aromatic rings. The molecular weight excluding hydrogens is 240 g/mol. The van der Waals surface area contributed by atoms with Crippen LogP contribution in [0.2, 0.25) is 0 Å². The number of hydrogen-bond donors (Lipinski definition) is 0. The van der Waals surface area contributed by atoms with Crippen molar-refractivity contribution in [2.24, 2.45) is 0 Å². The third kappa shape index (κ3) is 4.36. The van der Waals surface area contributed by atoms with E-state index in [-0.39, 0.29) is 12.4 Å². The van der Waals surface area contributed by atoms with Gasteiger partial charge >= 0.3 is 11.8 Å². The van der Waals surface area contributed by atoms with Crippen LogP contribution in [-0.2, 0) is 9.53 Å². The molecule has 1 rings (SSSR count). The van der Waals surface area contributed by atoms with Crippen LogP contribution in [-0.4, -0.2) is 29.1 Å². The van der Waals surface area contributed by atoms with E-state index in [0.29, 0.717) is 6.61 Å². The van der Waals surface area contributed by atoms with Gasteiger partial charge in [-0.2, -0.15) is 0 Å². The highest BCUT2D eigenvalue weighted by atomic mass is 16.6.